The Kier molecular flexibility index (Phi) is 7.51. The van der Waals surface area contributed by atoms with Gasteiger partial charge in [-0.3, -0.25) is 9.59 Å². The van der Waals surface area contributed by atoms with Gasteiger partial charge in [-0.15, -0.1) is 0 Å². The van der Waals surface area contributed by atoms with Crippen molar-refractivity contribution in [2.45, 2.75) is 56.3 Å². The third kappa shape index (κ3) is 5.84. The molecule has 1 aliphatic heterocycles. The molecule has 2 N–H and O–H groups in total. The van der Waals surface area contributed by atoms with E-state index in [1.165, 1.54) is 24.3 Å². The number of hydroxylamine groups is 1. The fraction of sp³-hybridized carbons (Fsp3) is 0.391. The van der Waals surface area contributed by atoms with E-state index in [4.69, 9.17) is 9.26 Å². The Bertz CT molecular complexity index is 1130. The normalized spacial score (nSPS) is 17.7. The van der Waals surface area contributed by atoms with Gasteiger partial charge in [0.15, 0.2) is 0 Å². The van der Waals surface area contributed by atoms with Crippen molar-refractivity contribution >= 4 is 30.2 Å². The summed E-state index contributed by atoms with van der Waals surface area (Å²) in [5, 5.41) is 2.34. The Morgan fingerprint density at radius 1 is 1.06 bits per heavy atom. The predicted octanol–water partition coefficient (Wildman–Crippen LogP) is 3.37. The molecule has 34 heavy (non-hydrogen) atoms. The third-order valence-corrected chi connectivity index (χ3v) is 12.2. The topological polar surface area (TPSA) is 114 Å². The molecule has 1 heterocycles. The summed E-state index contributed by atoms with van der Waals surface area (Å²) in [4.78, 5) is 24.9. The lowest BCUT2D eigenvalue weighted by molar-refractivity contribution is -0.138. The number of benzene rings is 2. The van der Waals surface area contributed by atoms with Crippen LogP contribution in [0.25, 0.3) is 0 Å². The van der Waals surface area contributed by atoms with Gasteiger partial charge < -0.3 is 14.6 Å². The minimum Gasteiger partial charge on any atom is -0.457 e. The van der Waals surface area contributed by atoms with Crippen LogP contribution in [0.15, 0.2) is 59.5 Å². The standard InChI is InChI=1S/C23H31N3O6SSi/c1-23(2,3)34(4,5)32-25-22(28)20-15-21(27)24-16-26(20)33(29,30)19-13-11-18(12-14-19)31-17-9-7-6-8-10-17/h6-14,20H,15-16H2,1-5H3,(H,24,27)(H,25,28)/t20-/m1/s1. The lowest BCUT2D eigenvalue weighted by atomic mass is 10.1. The van der Waals surface area contributed by atoms with E-state index in [0.717, 1.165) is 4.31 Å². The van der Waals surface area contributed by atoms with E-state index in [1.807, 2.05) is 52.1 Å². The Morgan fingerprint density at radius 2 is 1.65 bits per heavy atom. The van der Waals surface area contributed by atoms with Gasteiger partial charge in [0.05, 0.1) is 18.0 Å². The molecule has 1 fully saturated rings. The zero-order chi connectivity index (χ0) is 25.1. The largest absolute Gasteiger partial charge is 0.457 e. The highest BCUT2D eigenvalue weighted by molar-refractivity contribution is 7.89. The van der Waals surface area contributed by atoms with Crippen LogP contribution in [-0.2, 0) is 24.1 Å². The van der Waals surface area contributed by atoms with Crippen LogP contribution in [0.2, 0.25) is 18.1 Å². The van der Waals surface area contributed by atoms with Gasteiger partial charge in [-0.05, 0) is 54.5 Å². The fourth-order valence-electron chi connectivity index (χ4n) is 2.94. The number of ether oxygens (including phenoxy) is 1. The third-order valence-electron chi connectivity index (χ3n) is 6.08. The van der Waals surface area contributed by atoms with E-state index in [9.17, 15) is 18.0 Å². The number of hydrogen-bond donors (Lipinski definition) is 2. The Morgan fingerprint density at radius 3 is 2.24 bits per heavy atom. The van der Waals surface area contributed by atoms with Crippen molar-refractivity contribution in [2.24, 2.45) is 0 Å². The van der Waals surface area contributed by atoms with E-state index >= 15 is 0 Å². The van der Waals surface area contributed by atoms with Gasteiger partial charge in [0.2, 0.25) is 24.2 Å². The number of nitrogens with zero attached hydrogens (tertiary/aromatic N) is 1. The van der Waals surface area contributed by atoms with Gasteiger partial charge in [0, 0.05) is 0 Å². The van der Waals surface area contributed by atoms with Crippen LogP contribution in [0.5, 0.6) is 11.5 Å². The maximum Gasteiger partial charge on any atom is 0.261 e. The van der Waals surface area contributed by atoms with Gasteiger partial charge in [0.1, 0.15) is 17.5 Å². The first-order chi connectivity index (χ1) is 15.8. The zero-order valence-corrected chi connectivity index (χ0v) is 21.8. The molecule has 0 aromatic heterocycles. The van der Waals surface area contributed by atoms with Gasteiger partial charge in [0.25, 0.3) is 5.91 Å². The number of carbonyl (C=O) groups is 2. The van der Waals surface area contributed by atoms with Crippen molar-refractivity contribution in [1.82, 2.24) is 15.1 Å². The summed E-state index contributed by atoms with van der Waals surface area (Å²) < 4.78 is 39.2. The van der Waals surface area contributed by atoms with Crippen molar-refractivity contribution in [2.75, 3.05) is 6.67 Å². The molecule has 1 saturated heterocycles. The van der Waals surface area contributed by atoms with Crippen molar-refractivity contribution in [1.29, 1.82) is 0 Å². The molecule has 2 amide bonds. The average Bonchev–Trinajstić information content (AvgIpc) is 2.77. The summed E-state index contributed by atoms with van der Waals surface area (Å²) in [6.45, 7) is 9.63. The number of sulfonamides is 1. The summed E-state index contributed by atoms with van der Waals surface area (Å²) in [6.07, 6.45) is -0.304. The maximum absolute atomic E-state index is 13.4. The van der Waals surface area contributed by atoms with E-state index in [-0.39, 0.29) is 23.0 Å². The molecule has 0 aliphatic carbocycles. The summed E-state index contributed by atoms with van der Waals surface area (Å²) in [7, 11) is -6.43. The molecule has 11 heteroatoms. The average molecular weight is 506 g/mol. The SMILES string of the molecule is CC(C)(C)[Si](C)(C)ONC(=O)[C@H]1CC(=O)NCN1S(=O)(=O)c1ccc(Oc2ccccc2)cc1. The quantitative estimate of drug-likeness (QED) is 0.441. The molecule has 0 spiro atoms. The van der Waals surface area contributed by atoms with E-state index in [1.54, 1.807) is 12.1 Å². The smallest absolute Gasteiger partial charge is 0.261 e. The highest BCUT2D eigenvalue weighted by atomic mass is 32.2. The lowest BCUT2D eigenvalue weighted by Crippen LogP contribution is -2.59. The zero-order valence-electron chi connectivity index (χ0n) is 20.0. The van der Waals surface area contributed by atoms with Crippen LogP contribution >= 0.6 is 0 Å². The number of rotatable bonds is 7. The molecular weight excluding hydrogens is 474 g/mol. The molecule has 1 aliphatic rings. The summed E-state index contributed by atoms with van der Waals surface area (Å²) in [6, 6.07) is 13.8. The molecule has 2 aromatic carbocycles. The molecular formula is C23H31N3O6SSi. The van der Waals surface area contributed by atoms with Crippen LogP contribution in [-0.4, -0.2) is 45.6 Å². The van der Waals surface area contributed by atoms with Crippen LogP contribution in [0.1, 0.15) is 27.2 Å². The monoisotopic (exact) mass is 505 g/mol. The van der Waals surface area contributed by atoms with E-state index in [2.05, 4.69) is 10.8 Å². The molecule has 9 nitrogen and oxygen atoms in total. The minimum atomic E-state index is -4.09. The summed E-state index contributed by atoms with van der Waals surface area (Å²) in [5.41, 5.74) is 2.43. The molecule has 3 rings (SSSR count). The Labute approximate surface area is 201 Å². The Balaban J connectivity index is 1.78. The Hall–Kier alpha value is -2.73. The second kappa shape index (κ2) is 9.86. The van der Waals surface area contributed by atoms with Crippen LogP contribution in [0.4, 0.5) is 0 Å². The van der Waals surface area contributed by atoms with Crippen LogP contribution in [0.3, 0.4) is 0 Å². The van der Waals surface area contributed by atoms with Crippen LogP contribution in [0, 0.1) is 0 Å². The highest BCUT2D eigenvalue weighted by Gasteiger charge is 2.43. The van der Waals surface area contributed by atoms with Crippen molar-refractivity contribution in [3.8, 4) is 11.5 Å². The van der Waals surface area contributed by atoms with Gasteiger partial charge in [-0.25, -0.2) is 13.9 Å². The van der Waals surface area contributed by atoms with Crippen molar-refractivity contribution in [3.63, 3.8) is 0 Å². The molecule has 2 aromatic rings. The van der Waals surface area contributed by atoms with Gasteiger partial charge in [-0.2, -0.15) is 4.31 Å². The van der Waals surface area contributed by atoms with E-state index < -0.39 is 36.2 Å². The van der Waals surface area contributed by atoms with Crippen LogP contribution < -0.4 is 15.5 Å². The molecule has 0 bridgehead atoms. The summed E-state index contributed by atoms with van der Waals surface area (Å²) in [5.74, 6) is 0.00212. The molecule has 0 radical (unpaired) electrons. The second-order valence-electron chi connectivity index (χ2n) is 9.59. The maximum atomic E-state index is 13.4. The number of amides is 2. The van der Waals surface area contributed by atoms with E-state index in [0.29, 0.717) is 11.5 Å². The molecule has 1 atom stereocenters. The number of nitrogens with one attached hydrogen (secondary N) is 2. The molecule has 0 unspecified atom stereocenters. The number of hydrogen-bond acceptors (Lipinski definition) is 6. The molecule has 184 valence electrons. The highest BCUT2D eigenvalue weighted by Crippen LogP contribution is 2.36. The van der Waals surface area contributed by atoms with Gasteiger partial charge >= 0.3 is 0 Å². The first-order valence-corrected chi connectivity index (χ1v) is 15.3. The molecule has 0 saturated carbocycles. The summed E-state index contributed by atoms with van der Waals surface area (Å²) >= 11 is 0. The van der Waals surface area contributed by atoms with Crippen molar-refractivity contribution < 1.29 is 27.3 Å². The first kappa shape index (κ1) is 25.9. The number of para-hydroxylation sites is 1. The predicted molar refractivity (Wildman–Crippen MR) is 130 cm³/mol. The lowest BCUT2D eigenvalue weighted by Gasteiger charge is -2.37. The number of carbonyl (C=O) groups excluding carboxylic acids is 2. The minimum absolute atomic E-state index is 0.0211. The van der Waals surface area contributed by atoms with Crippen molar-refractivity contribution in [3.05, 3.63) is 54.6 Å². The van der Waals surface area contributed by atoms with Gasteiger partial charge in [-0.1, -0.05) is 39.0 Å². The first-order valence-electron chi connectivity index (χ1n) is 10.9. The second-order valence-corrected chi connectivity index (χ2v) is 16.2. The fourth-order valence-corrected chi connectivity index (χ4v) is 5.09.